The Morgan fingerprint density at radius 3 is 2.69 bits per heavy atom. The summed E-state index contributed by atoms with van der Waals surface area (Å²) in [6.07, 6.45) is 3.18. The van der Waals surface area contributed by atoms with Crippen molar-refractivity contribution in [2.75, 3.05) is 12.4 Å². The molecule has 1 aromatic carbocycles. The van der Waals surface area contributed by atoms with Crippen molar-refractivity contribution in [2.24, 2.45) is 0 Å². The van der Waals surface area contributed by atoms with Gasteiger partial charge in [-0.15, -0.1) is 0 Å². The molecule has 0 radical (unpaired) electrons. The number of halogens is 1. The molecule has 9 nitrogen and oxygen atoms in total. The van der Waals surface area contributed by atoms with E-state index in [1.165, 1.54) is 16.5 Å². The number of ether oxygens (including phenoxy) is 2. The quantitative estimate of drug-likeness (QED) is 0.593. The highest BCUT2D eigenvalue weighted by Crippen LogP contribution is 2.22. The lowest BCUT2D eigenvalue weighted by molar-refractivity contribution is 0.0594. The molecule has 152 valence electrons. The van der Waals surface area contributed by atoms with Crippen molar-refractivity contribution in [3.05, 3.63) is 58.6 Å². The molecule has 0 fully saturated rings. The first kappa shape index (κ1) is 20.4. The van der Waals surface area contributed by atoms with Crippen molar-refractivity contribution >= 4 is 29.2 Å². The van der Waals surface area contributed by atoms with Gasteiger partial charge in [-0.3, -0.25) is 9.48 Å². The Hall–Kier alpha value is -3.33. The molecule has 10 heteroatoms. The standard InChI is InChI=1S/C19H20ClN5O4/c1-4-24-10-15(17(23-24)19(27)28-3)21-18(26)14-7-8-25(22-14)11-29-16-6-5-13(20)9-12(16)2/h5-10H,4,11H2,1-3H3,(H,21,26). The third-order valence-electron chi connectivity index (χ3n) is 4.08. The van der Waals surface area contributed by atoms with Gasteiger partial charge in [0.15, 0.2) is 18.1 Å². The van der Waals surface area contributed by atoms with E-state index in [-0.39, 0.29) is 23.8 Å². The lowest BCUT2D eigenvalue weighted by Crippen LogP contribution is -2.16. The van der Waals surface area contributed by atoms with Gasteiger partial charge in [0.2, 0.25) is 0 Å². The van der Waals surface area contributed by atoms with Gasteiger partial charge in [-0.05, 0) is 43.7 Å². The van der Waals surface area contributed by atoms with E-state index in [1.54, 1.807) is 36.7 Å². The first-order valence-electron chi connectivity index (χ1n) is 8.80. The predicted molar refractivity (Wildman–Crippen MR) is 106 cm³/mol. The van der Waals surface area contributed by atoms with Crippen LogP contribution in [0.4, 0.5) is 5.69 Å². The van der Waals surface area contributed by atoms with E-state index < -0.39 is 11.9 Å². The summed E-state index contributed by atoms with van der Waals surface area (Å²) in [4.78, 5) is 24.4. The van der Waals surface area contributed by atoms with Crippen LogP contribution >= 0.6 is 11.6 Å². The number of benzene rings is 1. The van der Waals surface area contributed by atoms with Crippen molar-refractivity contribution in [3.8, 4) is 5.75 Å². The summed E-state index contributed by atoms with van der Waals surface area (Å²) in [5, 5.41) is 11.6. The Morgan fingerprint density at radius 1 is 1.21 bits per heavy atom. The monoisotopic (exact) mass is 417 g/mol. The number of carbonyl (C=O) groups excluding carboxylic acids is 2. The van der Waals surface area contributed by atoms with E-state index in [1.807, 2.05) is 13.8 Å². The summed E-state index contributed by atoms with van der Waals surface area (Å²) >= 11 is 5.94. The van der Waals surface area contributed by atoms with Gasteiger partial charge in [-0.25, -0.2) is 9.48 Å². The van der Waals surface area contributed by atoms with E-state index >= 15 is 0 Å². The first-order valence-corrected chi connectivity index (χ1v) is 9.18. The Morgan fingerprint density at radius 2 is 2.00 bits per heavy atom. The van der Waals surface area contributed by atoms with Crippen molar-refractivity contribution in [3.63, 3.8) is 0 Å². The summed E-state index contributed by atoms with van der Waals surface area (Å²) in [6.45, 7) is 4.41. The third kappa shape index (κ3) is 4.75. The highest BCUT2D eigenvalue weighted by molar-refractivity contribution is 6.30. The fourth-order valence-corrected chi connectivity index (χ4v) is 2.80. The largest absolute Gasteiger partial charge is 0.471 e. The Balaban J connectivity index is 1.68. The number of nitrogens with one attached hydrogen (secondary N) is 1. The minimum absolute atomic E-state index is 0.0312. The molecule has 0 saturated heterocycles. The molecule has 0 aliphatic heterocycles. The van der Waals surface area contributed by atoms with Gasteiger partial charge >= 0.3 is 5.97 Å². The zero-order valence-electron chi connectivity index (χ0n) is 16.2. The van der Waals surface area contributed by atoms with Crippen LogP contribution in [0.3, 0.4) is 0 Å². The minimum atomic E-state index is -0.634. The van der Waals surface area contributed by atoms with Crippen LogP contribution in [0, 0.1) is 6.92 Å². The number of anilines is 1. The van der Waals surface area contributed by atoms with E-state index in [9.17, 15) is 9.59 Å². The van der Waals surface area contributed by atoms with Crippen molar-refractivity contribution in [2.45, 2.75) is 27.1 Å². The van der Waals surface area contributed by atoms with E-state index in [2.05, 4.69) is 15.5 Å². The average Bonchev–Trinajstić information content (AvgIpc) is 3.33. The number of methoxy groups -OCH3 is 1. The number of esters is 1. The predicted octanol–water partition coefficient (Wildman–Crippen LogP) is 3.14. The number of hydrogen-bond acceptors (Lipinski definition) is 6. The van der Waals surface area contributed by atoms with Crippen LogP contribution in [0.25, 0.3) is 0 Å². The summed E-state index contributed by atoms with van der Waals surface area (Å²) in [5.41, 5.74) is 1.35. The van der Waals surface area contributed by atoms with Crippen molar-refractivity contribution < 1.29 is 19.1 Å². The number of nitrogens with zero attached hydrogens (tertiary/aromatic N) is 4. The summed E-state index contributed by atoms with van der Waals surface area (Å²) in [6, 6.07) is 6.86. The van der Waals surface area contributed by atoms with Crippen LogP contribution in [0.5, 0.6) is 5.75 Å². The molecule has 3 aromatic rings. The number of hydrogen-bond donors (Lipinski definition) is 1. The molecule has 2 heterocycles. The maximum atomic E-state index is 12.5. The maximum Gasteiger partial charge on any atom is 0.360 e. The van der Waals surface area contributed by atoms with Crippen molar-refractivity contribution in [1.29, 1.82) is 0 Å². The Kier molecular flexibility index (Phi) is 6.18. The van der Waals surface area contributed by atoms with Gasteiger partial charge in [-0.2, -0.15) is 10.2 Å². The van der Waals surface area contributed by atoms with E-state index in [4.69, 9.17) is 21.1 Å². The molecule has 0 aliphatic rings. The molecule has 3 rings (SSSR count). The SMILES string of the molecule is CCn1cc(NC(=O)c2ccn(COc3ccc(Cl)cc3C)n2)c(C(=O)OC)n1. The molecule has 1 N–H and O–H groups in total. The van der Waals surface area contributed by atoms with Gasteiger partial charge in [0.1, 0.15) is 5.75 Å². The zero-order valence-corrected chi connectivity index (χ0v) is 16.9. The topological polar surface area (TPSA) is 100 Å². The molecule has 0 spiro atoms. The lowest BCUT2D eigenvalue weighted by Gasteiger charge is -2.09. The van der Waals surface area contributed by atoms with Gasteiger partial charge in [0, 0.05) is 24.0 Å². The molecule has 0 atom stereocenters. The molecular weight excluding hydrogens is 398 g/mol. The molecule has 1 amide bonds. The van der Waals surface area contributed by atoms with Gasteiger partial charge < -0.3 is 14.8 Å². The molecule has 2 aromatic heterocycles. The highest BCUT2D eigenvalue weighted by Gasteiger charge is 2.20. The van der Waals surface area contributed by atoms with Crippen LogP contribution in [-0.2, 0) is 18.0 Å². The molecular formula is C19H20ClN5O4. The normalized spacial score (nSPS) is 10.6. The second-order valence-electron chi connectivity index (χ2n) is 6.12. The first-order chi connectivity index (χ1) is 13.9. The second-order valence-corrected chi connectivity index (χ2v) is 6.55. The fraction of sp³-hybridized carbons (Fsp3) is 0.263. The van der Waals surface area contributed by atoms with Gasteiger partial charge in [0.05, 0.1) is 12.8 Å². The maximum absolute atomic E-state index is 12.5. The number of amides is 1. The number of carbonyl (C=O) groups is 2. The number of aromatic nitrogens is 4. The van der Waals surface area contributed by atoms with E-state index in [0.29, 0.717) is 17.3 Å². The van der Waals surface area contributed by atoms with Gasteiger partial charge in [0.25, 0.3) is 5.91 Å². The smallest absolute Gasteiger partial charge is 0.360 e. The molecule has 29 heavy (non-hydrogen) atoms. The van der Waals surface area contributed by atoms with Crippen LogP contribution in [0.2, 0.25) is 5.02 Å². The minimum Gasteiger partial charge on any atom is -0.471 e. The molecule has 0 unspecified atom stereocenters. The van der Waals surface area contributed by atoms with E-state index in [0.717, 1.165) is 5.56 Å². The molecule has 0 aliphatic carbocycles. The molecule has 0 bridgehead atoms. The Bertz CT molecular complexity index is 1040. The highest BCUT2D eigenvalue weighted by atomic mass is 35.5. The Labute approximate surface area is 172 Å². The fourth-order valence-electron chi connectivity index (χ4n) is 2.57. The van der Waals surface area contributed by atoms with Crippen LogP contribution in [0.15, 0.2) is 36.7 Å². The number of aryl methyl sites for hydroxylation is 2. The third-order valence-corrected chi connectivity index (χ3v) is 4.31. The second kappa shape index (κ2) is 8.78. The van der Waals surface area contributed by atoms with Crippen LogP contribution in [0.1, 0.15) is 33.5 Å². The zero-order chi connectivity index (χ0) is 21.0. The van der Waals surface area contributed by atoms with Crippen LogP contribution < -0.4 is 10.1 Å². The van der Waals surface area contributed by atoms with Crippen LogP contribution in [-0.4, -0.2) is 38.5 Å². The summed E-state index contributed by atoms with van der Waals surface area (Å²) in [5.74, 6) is -0.442. The molecule has 0 saturated carbocycles. The van der Waals surface area contributed by atoms with Gasteiger partial charge in [-0.1, -0.05) is 11.6 Å². The number of rotatable bonds is 7. The summed E-state index contributed by atoms with van der Waals surface area (Å²) < 4.78 is 13.4. The summed E-state index contributed by atoms with van der Waals surface area (Å²) in [7, 11) is 1.25. The van der Waals surface area contributed by atoms with Crippen molar-refractivity contribution in [1.82, 2.24) is 19.6 Å². The lowest BCUT2D eigenvalue weighted by atomic mass is 10.2. The average molecular weight is 418 g/mol.